The number of ether oxygens (including phenoxy) is 2. The molecule has 8 nitrogen and oxygen atoms in total. The number of aromatic nitrogens is 2. The smallest absolute Gasteiger partial charge is 0.326 e. The number of fused-ring (bicyclic) bond motifs is 1. The van der Waals surface area contributed by atoms with Gasteiger partial charge >= 0.3 is 5.97 Å². The molecule has 0 unspecified atom stereocenters. The van der Waals surface area contributed by atoms with E-state index in [1.54, 1.807) is 25.1 Å². The quantitative estimate of drug-likeness (QED) is 0.758. The van der Waals surface area contributed by atoms with Crippen LogP contribution in [0.3, 0.4) is 0 Å². The zero-order chi connectivity index (χ0) is 18.5. The number of carbonyl (C=O) groups excluding carboxylic acids is 2. The van der Waals surface area contributed by atoms with Crippen molar-refractivity contribution in [1.82, 2.24) is 9.97 Å². The van der Waals surface area contributed by atoms with Gasteiger partial charge in [-0.15, -0.1) is 0 Å². The van der Waals surface area contributed by atoms with Gasteiger partial charge in [0, 0.05) is 18.1 Å². The van der Waals surface area contributed by atoms with Crippen molar-refractivity contribution in [2.45, 2.75) is 19.8 Å². The van der Waals surface area contributed by atoms with Crippen molar-refractivity contribution in [3.8, 4) is 17.7 Å². The number of nitriles is 1. The summed E-state index contributed by atoms with van der Waals surface area (Å²) in [6.45, 7) is 1.83. The van der Waals surface area contributed by atoms with Gasteiger partial charge in [0.2, 0.25) is 11.8 Å². The molecule has 3 rings (SSSR count). The first-order valence-corrected chi connectivity index (χ1v) is 8.10. The standard InChI is InChI=1S/C18H16N4O4/c1-2-25-18(24)10-22-14-4-3-5-15(13(14)6-7-17(22)23)26-16-8-12(9-19)20-11-21-16/h3-5,8,11H,2,6-7,10H2,1H3. The highest BCUT2D eigenvalue weighted by molar-refractivity contribution is 6.00. The van der Waals surface area contributed by atoms with Crippen LogP contribution in [0.5, 0.6) is 11.6 Å². The summed E-state index contributed by atoms with van der Waals surface area (Å²) in [7, 11) is 0. The molecule has 1 amide bonds. The maximum Gasteiger partial charge on any atom is 0.326 e. The minimum absolute atomic E-state index is 0.142. The number of esters is 1. The van der Waals surface area contributed by atoms with E-state index in [4.69, 9.17) is 14.7 Å². The normalized spacial score (nSPS) is 12.9. The highest BCUT2D eigenvalue weighted by Gasteiger charge is 2.28. The van der Waals surface area contributed by atoms with Crippen molar-refractivity contribution in [2.24, 2.45) is 0 Å². The molecule has 0 spiro atoms. The molecule has 1 aliphatic heterocycles. The highest BCUT2D eigenvalue weighted by atomic mass is 16.5. The lowest BCUT2D eigenvalue weighted by Gasteiger charge is -2.29. The van der Waals surface area contributed by atoms with E-state index in [1.165, 1.54) is 17.3 Å². The summed E-state index contributed by atoms with van der Waals surface area (Å²) in [5.41, 5.74) is 1.61. The van der Waals surface area contributed by atoms with Crippen LogP contribution in [-0.2, 0) is 20.7 Å². The van der Waals surface area contributed by atoms with Gasteiger partial charge in [-0.2, -0.15) is 5.26 Å². The van der Waals surface area contributed by atoms with E-state index in [-0.39, 0.29) is 37.1 Å². The molecule has 1 aliphatic rings. The third-order valence-corrected chi connectivity index (χ3v) is 3.85. The largest absolute Gasteiger partial charge is 0.465 e. The molecule has 2 heterocycles. The topological polar surface area (TPSA) is 105 Å². The summed E-state index contributed by atoms with van der Waals surface area (Å²) in [6, 6.07) is 8.61. The second-order valence-corrected chi connectivity index (χ2v) is 5.49. The molecule has 0 saturated heterocycles. The number of hydrogen-bond donors (Lipinski definition) is 0. The first-order chi connectivity index (χ1) is 12.6. The van der Waals surface area contributed by atoms with E-state index in [0.29, 0.717) is 17.9 Å². The summed E-state index contributed by atoms with van der Waals surface area (Å²) in [5, 5.41) is 8.93. The summed E-state index contributed by atoms with van der Waals surface area (Å²) >= 11 is 0. The van der Waals surface area contributed by atoms with Gasteiger partial charge in [-0.25, -0.2) is 9.97 Å². The lowest BCUT2D eigenvalue weighted by Crippen LogP contribution is -2.39. The fraction of sp³-hybridized carbons (Fsp3) is 0.278. The molecular weight excluding hydrogens is 336 g/mol. The summed E-state index contributed by atoms with van der Waals surface area (Å²) in [4.78, 5) is 33.3. The van der Waals surface area contributed by atoms with Crippen molar-refractivity contribution in [3.05, 3.63) is 41.9 Å². The Kier molecular flexibility index (Phi) is 5.08. The predicted molar refractivity (Wildman–Crippen MR) is 90.6 cm³/mol. The molecule has 0 atom stereocenters. The van der Waals surface area contributed by atoms with Gasteiger partial charge < -0.3 is 14.4 Å². The Morgan fingerprint density at radius 1 is 1.35 bits per heavy atom. The van der Waals surface area contributed by atoms with E-state index in [2.05, 4.69) is 9.97 Å². The molecule has 0 fully saturated rings. The average Bonchev–Trinajstić information content (AvgIpc) is 2.64. The molecule has 0 radical (unpaired) electrons. The second kappa shape index (κ2) is 7.61. The number of benzene rings is 1. The van der Waals surface area contributed by atoms with Crippen molar-refractivity contribution >= 4 is 17.6 Å². The van der Waals surface area contributed by atoms with Crippen LogP contribution in [-0.4, -0.2) is 35.0 Å². The summed E-state index contributed by atoms with van der Waals surface area (Å²) < 4.78 is 10.7. The summed E-state index contributed by atoms with van der Waals surface area (Å²) in [6.07, 6.45) is 2.00. The fourth-order valence-corrected chi connectivity index (χ4v) is 2.73. The molecule has 0 N–H and O–H groups in total. The molecule has 8 heteroatoms. The Hall–Kier alpha value is -3.47. The molecule has 0 aliphatic carbocycles. The third-order valence-electron chi connectivity index (χ3n) is 3.85. The highest BCUT2D eigenvalue weighted by Crippen LogP contribution is 2.36. The zero-order valence-corrected chi connectivity index (χ0v) is 14.1. The number of anilines is 1. The number of nitrogens with zero attached hydrogens (tertiary/aromatic N) is 4. The van der Waals surface area contributed by atoms with Gasteiger partial charge in [0.05, 0.1) is 12.3 Å². The van der Waals surface area contributed by atoms with Crippen molar-refractivity contribution in [2.75, 3.05) is 18.1 Å². The maximum atomic E-state index is 12.3. The second-order valence-electron chi connectivity index (χ2n) is 5.49. The monoisotopic (exact) mass is 352 g/mol. The molecule has 26 heavy (non-hydrogen) atoms. The van der Waals surface area contributed by atoms with E-state index in [9.17, 15) is 9.59 Å². The Balaban J connectivity index is 1.91. The lowest BCUT2D eigenvalue weighted by atomic mass is 10.00. The van der Waals surface area contributed by atoms with Crippen LogP contribution >= 0.6 is 0 Å². The van der Waals surface area contributed by atoms with Crippen molar-refractivity contribution in [3.63, 3.8) is 0 Å². The van der Waals surface area contributed by atoms with Gasteiger partial charge in [-0.3, -0.25) is 9.59 Å². The molecule has 0 bridgehead atoms. The number of carbonyl (C=O) groups is 2. The Labute approximate surface area is 150 Å². The van der Waals surface area contributed by atoms with Crippen LogP contribution in [0.4, 0.5) is 5.69 Å². The number of hydrogen-bond acceptors (Lipinski definition) is 7. The molecule has 0 saturated carbocycles. The van der Waals surface area contributed by atoms with Crippen LogP contribution in [0.2, 0.25) is 0 Å². The van der Waals surface area contributed by atoms with Gasteiger partial charge in [-0.1, -0.05) is 6.07 Å². The van der Waals surface area contributed by atoms with Crippen LogP contribution < -0.4 is 9.64 Å². The van der Waals surface area contributed by atoms with Gasteiger partial charge in [0.25, 0.3) is 0 Å². The Bertz CT molecular complexity index is 891. The molecule has 1 aromatic heterocycles. The minimum atomic E-state index is -0.463. The number of rotatable bonds is 5. The van der Waals surface area contributed by atoms with Crippen molar-refractivity contribution < 1.29 is 19.1 Å². The third kappa shape index (κ3) is 3.62. The van der Waals surface area contributed by atoms with Gasteiger partial charge in [-0.05, 0) is 25.5 Å². The van der Waals surface area contributed by atoms with Crippen molar-refractivity contribution in [1.29, 1.82) is 5.26 Å². The van der Waals surface area contributed by atoms with E-state index in [1.807, 2.05) is 6.07 Å². The zero-order valence-electron chi connectivity index (χ0n) is 14.1. The maximum absolute atomic E-state index is 12.3. The first-order valence-electron chi connectivity index (χ1n) is 8.10. The SMILES string of the molecule is CCOC(=O)CN1C(=O)CCc2c(Oc3cc(C#N)ncn3)cccc21. The molecular formula is C18H16N4O4. The number of amides is 1. The van der Waals surface area contributed by atoms with Crippen LogP contribution in [0.1, 0.15) is 24.6 Å². The molecule has 1 aromatic carbocycles. The minimum Gasteiger partial charge on any atom is -0.465 e. The lowest BCUT2D eigenvalue weighted by molar-refractivity contribution is -0.142. The van der Waals surface area contributed by atoms with Gasteiger partial charge in [0.1, 0.15) is 30.4 Å². The van der Waals surface area contributed by atoms with Crippen LogP contribution in [0, 0.1) is 11.3 Å². The van der Waals surface area contributed by atoms with E-state index < -0.39 is 5.97 Å². The van der Waals surface area contributed by atoms with E-state index >= 15 is 0 Å². The first kappa shape index (κ1) is 17.4. The molecule has 132 valence electrons. The average molecular weight is 352 g/mol. The molecule has 2 aromatic rings. The van der Waals surface area contributed by atoms with Crippen LogP contribution in [0.25, 0.3) is 0 Å². The van der Waals surface area contributed by atoms with E-state index in [0.717, 1.165) is 5.56 Å². The van der Waals surface area contributed by atoms with Gasteiger partial charge in [0.15, 0.2) is 0 Å². The Morgan fingerprint density at radius 2 is 2.19 bits per heavy atom. The van der Waals surface area contributed by atoms with Crippen LogP contribution in [0.15, 0.2) is 30.6 Å². The predicted octanol–water partition coefficient (Wildman–Crippen LogP) is 1.98. The summed E-state index contributed by atoms with van der Waals surface area (Å²) in [5.74, 6) is 0.149. The Morgan fingerprint density at radius 3 is 2.96 bits per heavy atom. The fourth-order valence-electron chi connectivity index (χ4n) is 2.73.